The molecule has 0 bridgehead atoms. The third kappa shape index (κ3) is 3.18. The van der Waals surface area contributed by atoms with Crippen LogP contribution in [-0.2, 0) is 0 Å². The first kappa shape index (κ1) is 14.1. The molecule has 0 unspecified atom stereocenters. The molecule has 4 nitrogen and oxygen atoms in total. The normalized spacial score (nSPS) is 10.3. The van der Waals surface area contributed by atoms with Crippen molar-refractivity contribution < 1.29 is 4.79 Å². The maximum atomic E-state index is 12.1. The van der Waals surface area contributed by atoms with Gasteiger partial charge < -0.3 is 11.1 Å². The Kier molecular flexibility index (Phi) is 4.29. The van der Waals surface area contributed by atoms with Crippen molar-refractivity contribution in [2.45, 2.75) is 0 Å². The number of rotatable bonds is 2. The summed E-state index contributed by atoms with van der Waals surface area (Å²) in [5.41, 5.74) is 6.81. The van der Waals surface area contributed by atoms with Crippen LogP contribution in [-0.4, -0.2) is 10.9 Å². The Labute approximate surface area is 128 Å². The Hall–Kier alpha value is -1.30. The molecule has 3 N–H and O–H groups in total. The Morgan fingerprint density at radius 1 is 1.37 bits per heavy atom. The second-order valence-corrected chi connectivity index (χ2v) is 5.31. The van der Waals surface area contributed by atoms with Crippen LogP contribution in [0.4, 0.5) is 11.4 Å². The Morgan fingerprint density at radius 2 is 2.11 bits per heavy atom. The van der Waals surface area contributed by atoms with Gasteiger partial charge in [0.15, 0.2) is 0 Å². The Morgan fingerprint density at radius 3 is 2.79 bits per heavy atom. The van der Waals surface area contributed by atoms with Gasteiger partial charge in [0, 0.05) is 18.1 Å². The van der Waals surface area contributed by atoms with Crippen molar-refractivity contribution in [3.05, 3.63) is 50.7 Å². The second-order valence-electron chi connectivity index (χ2n) is 3.67. The highest BCUT2D eigenvalue weighted by Crippen LogP contribution is 2.30. The van der Waals surface area contributed by atoms with Gasteiger partial charge in [-0.3, -0.25) is 9.78 Å². The van der Waals surface area contributed by atoms with Crippen LogP contribution in [0.2, 0.25) is 10.0 Å². The molecule has 2 rings (SSSR count). The summed E-state index contributed by atoms with van der Waals surface area (Å²) in [5.74, 6) is -0.397. The molecule has 1 amide bonds. The van der Waals surface area contributed by atoms with E-state index >= 15 is 0 Å². The van der Waals surface area contributed by atoms with Crippen LogP contribution in [0.5, 0.6) is 0 Å². The lowest BCUT2D eigenvalue weighted by atomic mass is 10.2. The zero-order valence-corrected chi connectivity index (χ0v) is 12.6. The van der Waals surface area contributed by atoms with Crippen LogP contribution in [0.15, 0.2) is 35.1 Å². The molecule has 0 radical (unpaired) electrons. The third-order valence-electron chi connectivity index (χ3n) is 2.32. The number of nitrogens with one attached hydrogen (secondary N) is 1. The van der Waals surface area contributed by atoms with Crippen LogP contribution >= 0.6 is 39.1 Å². The highest BCUT2D eigenvalue weighted by Gasteiger charge is 2.15. The lowest BCUT2D eigenvalue weighted by Crippen LogP contribution is -2.13. The summed E-state index contributed by atoms with van der Waals surface area (Å²) in [5, 5.41) is 3.10. The van der Waals surface area contributed by atoms with Crippen LogP contribution in [0.1, 0.15) is 10.4 Å². The van der Waals surface area contributed by atoms with Crippen molar-refractivity contribution in [1.29, 1.82) is 0 Å². The minimum Gasteiger partial charge on any atom is -0.399 e. The summed E-state index contributed by atoms with van der Waals surface area (Å²) < 4.78 is 0.662. The number of nitrogen functional groups attached to an aromatic ring is 1. The number of amides is 1. The maximum absolute atomic E-state index is 12.1. The predicted molar refractivity (Wildman–Crippen MR) is 80.8 cm³/mol. The number of pyridine rings is 1. The average Bonchev–Trinajstić information content (AvgIpc) is 2.36. The van der Waals surface area contributed by atoms with E-state index in [1.54, 1.807) is 18.5 Å². The van der Waals surface area contributed by atoms with Gasteiger partial charge in [0.05, 0.1) is 25.8 Å². The molecule has 2 aromatic rings. The molecule has 98 valence electrons. The predicted octanol–water partition coefficient (Wildman–Crippen LogP) is 3.99. The van der Waals surface area contributed by atoms with Crippen molar-refractivity contribution >= 4 is 56.4 Å². The maximum Gasteiger partial charge on any atom is 0.257 e. The van der Waals surface area contributed by atoms with E-state index < -0.39 is 5.91 Å². The number of carbonyl (C=O) groups excluding carboxylic acids is 1. The van der Waals surface area contributed by atoms with Crippen molar-refractivity contribution in [3.63, 3.8) is 0 Å². The van der Waals surface area contributed by atoms with E-state index in [0.29, 0.717) is 15.8 Å². The highest BCUT2D eigenvalue weighted by atomic mass is 79.9. The number of carbonyl (C=O) groups is 1. The van der Waals surface area contributed by atoms with Gasteiger partial charge in [0.1, 0.15) is 0 Å². The quantitative estimate of drug-likeness (QED) is 0.795. The molecule has 0 fully saturated rings. The van der Waals surface area contributed by atoms with Crippen molar-refractivity contribution in [2.24, 2.45) is 0 Å². The van der Waals surface area contributed by atoms with Crippen molar-refractivity contribution in [2.75, 3.05) is 11.1 Å². The SMILES string of the molecule is Nc1cc(Cl)c(Cl)c(C(=O)Nc2ccncc2Br)c1. The molecule has 0 saturated carbocycles. The van der Waals surface area contributed by atoms with E-state index in [4.69, 9.17) is 28.9 Å². The molecule has 0 spiro atoms. The van der Waals surface area contributed by atoms with Crippen LogP contribution in [0.3, 0.4) is 0 Å². The number of nitrogens with two attached hydrogens (primary N) is 1. The molecule has 7 heteroatoms. The monoisotopic (exact) mass is 359 g/mol. The number of aromatic nitrogens is 1. The van der Waals surface area contributed by atoms with Crippen LogP contribution in [0.25, 0.3) is 0 Å². The molecule has 0 saturated heterocycles. The summed E-state index contributed by atoms with van der Waals surface area (Å²) in [7, 11) is 0. The number of halogens is 3. The molecular weight excluding hydrogens is 353 g/mol. The molecule has 0 aliphatic rings. The van der Waals surface area contributed by atoms with E-state index in [1.165, 1.54) is 12.1 Å². The standard InChI is InChI=1S/C12H8BrCl2N3O/c13-8-5-17-2-1-10(8)18-12(19)7-3-6(16)4-9(14)11(7)15/h1-5H,16H2,(H,17,18,19). The Balaban J connectivity index is 2.33. The van der Waals surface area contributed by atoms with Crippen LogP contribution in [0, 0.1) is 0 Å². The highest BCUT2D eigenvalue weighted by molar-refractivity contribution is 9.10. The van der Waals surface area contributed by atoms with Crippen molar-refractivity contribution in [3.8, 4) is 0 Å². The number of benzene rings is 1. The van der Waals surface area contributed by atoms with Gasteiger partial charge in [-0.25, -0.2) is 0 Å². The van der Waals surface area contributed by atoms with E-state index in [2.05, 4.69) is 26.2 Å². The minimum absolute atomic E-state index is 0.165. The van der Waals surface area contributed by atoms with E-state index in [1.807, 2.05) is 0 Å². The summed E-state index contributed by atoms with van der Waals surface area (Å²) in [6.45, 7) is 0. The molecule has 1 heterocycles. The van der Waals surface area contributed by atoms with Crippen molar-refractivity contribution in [1.82, 2.24) is 4.98 Å². The minimum atomic E-state index is -0.397. The summed E-state index contributed by atoms with van der Waals surface area (Å²) in [6, 6.07) is 4.62. The second kappa shape index (κ2) is 5.77. The van der Waals surface area contributed by atoms with E-state index in [9.17, 15) is 4.79 Å². The van der Waals surface area contributed by atoms with E-state index in [0.717, 1.165) is 0 Å². The Bertz CT molecular complexity index is 649. The number of hydrogen-bond acceptors (Lipinski definition) is 3. The van der Waals surface area contributed by atoms with E-state index in [-0.39, 0.29) is 15.6 Å². The van der Waals surface area contributed by atoms with Gasteiger partial charge in [0.2, 0.25) is 0 Å². The molecule has 1 aromatic heterocycles. The van der Waals surface area contributed by atoms with Gasteiger partial charge in [-0.2, -0.15) is 0 Å². The summed E-state index contributed by atoms with van der Waals surface area (Å²) in [6.07, 6.45) is 3.14. The van der Waals surface area contributed by atoms with Gasteiger partial charge in [-0.1, -0.05) is 23.2 Å². The number of hydrogen-bond donors (Lipinski definition) is 2. The van der Waals surface area contributed by atoms with Crippen LogP contribution < -0.4 is 11.1 Å². The largest absolute Gasteiger partial charge is 0.399 e. The molecule has 0 aliphatic carbocycles. The first-order chi connectivity index (χ1) is 8.99. The molecular formula is C12H8BrCl2N3O. The summed E-state index contributed by atoms with van der Waals surface area (Å²) >= 11 is 15.2. The zero-order valence-electron chi connectivity index (χ0n) is 9.45. The van der Waals surface area contributed by atoms with Gasteiger partial charge >= 0.3 is 0 Å². The molecule has 0 aliphatic heterocycles. The number of nitrogens with zero attached hydrogens (tertiary/aromatic N) is 1. The lowest BCUT2D eigenvalue weighted by molar-refractivity contribution is 0.102. The van der Waals surface area contributed by atoms with Gasteiger partial charge in [0.25, 0.3) is 5.91 Å². The first-order valence-corrected chi connectivity index (χ1v) is 6.69. The topological polar surface area (TPSA) is 68.0 Å². The average molecular weight is 361 g/mol. The van der Waals surface area contributed by atoms with Gasteiger partial charge in [-0.05, 0) is 34.1 Å². The molecule has 19 heavy (non-hydrogen) atoms. The molecule has 0 atom stereocenters. The first-order valence-electron chi connectivity index (χ1n) is 5.14. The fourth-order valence-corrected chi connectivity index (χ4v) is 2.21. The third-order valence-corrected chi connectivity index (χ3v) is 3.75. The van der Waals surface area contributed by atoms with Gasteiger partial charge in [-0.15, -0.1) is 0 Å². The molecule has 1 aromatic carbocycles. The summed E-state index contributed by atoms with van der Waals surface area (Å²) in [4.78, 5) is 16.0. The number of anilines is 2. The zero-order chi connectivity index (χ0) is 14.0. The fraction of sp³-hybridized carbons (Fsp3) is 0. The smallest absolute Gasteiger partial charge is 0.257 e. The lowest BCUT2D eigenvalue weighted by Gasteiger charge is -2.09. The fourth-order valence-electron chi connectivity index (χ4n) is 1.44.